The van der Waals surface area contributed by atoms with Gasteiger partial charge < -0.3 is 15.0 Å². The van der Waals surface area contributed by atoms with E-state index in [2.05, 4.69) is 5.32 Å². The number of ether oxygens (including phenoxy) is 1. The van der Waals surface area contributed by atoms with E-state index >= 15 is 0 Å². The fourth-order valence-electron chi connectivity index (χ4n) is 3.38. The van der Waals surface area contributed by atoms with Crippen molar-refractivity contribution >= 4 is 17.5 Å². The lowest BCUT2D eigenvalue weighted by molar-refractivity contribution is -0.118. The first-order valence-electron chi connectivity index (χ1n) is 9.03. The first-order chi connectivity index (χ1) is 11.7. The van der Waals surface area contributed by atoms with Gasteiger partial charge in [0.15, 0.2) is 0 Å². The number of likely N-dealkylation sites (tertiary alicyclic amines) is 1. The fourth-order valence-corrected chi connectivity index (χ4v) is 3.38. The van der Waals surface area contributed by atoms with Crippen molar-refractivity contribution in [2.45, 2.75) is 51.0 Å². The minimum absolute atomic E-state index is 0.0338. The second kappa shape index (κ2) is 8.29. The summed E-state index contributed by atoms with van der Waals surface area (Å²) in [6, 6.07) is 7.21. The summed E-state index contributed by atoms with van der Waals surface area (Å²) >= 11 is 0. The van der Waals surface area contributed by atoms with Gasteiger partial charge in [-0.2, -0.15) is 0 Å². The normalized spacial score (nSPS) is 21.3. The van der Waals surface area contributed by atoms with Crippen molar-refractivity contribution in [2.75, 3.05) is 25.0 Å². The van der Waals surface area contributed by atoms with Crippen LogP contribution >= 0.6 is 0 Å². The van der Waals surface area contributed by atoms with Crippen molar-refractivity contribution in [3.05, 3.63) is 29.8 Å². The van der Waals surface area contributed by atoms with Crippen molar-refractivity contribution in [3.63, 3.8) is 0 Å². The predicted octanol–water partition coefficient (Wildman–Crippen LogP) is 3.21. The van der Waals surface area contributed by atoms with Crippen LogP contribution in [-0.2, 0) is 9.53 Å². The largest absolute Gasteiger partial charge is 0.378 e. The van der Waals surface area contributed by atoms with Gasteiger partial charge in [0.25, 0.3) is 5.91 Å². The number of carbonyl (C=O) groups excluding carboxylic acids is 2. The van der Waals surface area contributed by atoms with Crippen LogP contribution in [0.3, 0.4) is 0 Å². The minimum atomic E-state index is -0.0338. The molecule has 3 rings (SSSR count). The van der Waals surface area contributed by atoms with E-state index < -0.39 is 0 Å². The molecule has 0 saturated carbocycles. The molecule has 130 valence electrons. The Kier molecular flexibility index (Phi) is 5.86. The number of hydrogen-bond donors (Lipinski definition) is 1. The SMILES string of the molecule is O=C(C[C@H]1CCCO1)Nc1ccc(C(=O)N2CCCCCC2)cc1. The van der Waals surface area contributed by atoms with Crippen LogP contribution in [0, 0.1) is 0 Å². The highest BCUT2D eigenvalue weighted by Gasteiger charge is 2.20. The molecule has 2 amide bonds. The number of nitrogens with zero attached hydrogens (tertiary/aromatic N) is 1. The van der Waals surface area contributed by atoms with E-state index in [0.29, 0.717) is 12.0 Å². The third-order valence-electron chi connectivity index (χ3n) is 4.75. The van der Waals surface area contributed by atoms with Crippen LogP contribution in [0.5, 0.6) is 0 Å². The van der Waals surface area contributed by atoms with E-state index in [9.17, 15) is 9.59 Å². The second-order valence-corrected chi connectivity index (χ2v) is 6.67. The number of hydrogen-bond acceptors (Lipinski definition) is 3. The van der Waals surface area contributed by atoms with E-state index in [-0.39, 0.29) is 17.9 Å². The van der Waals surface area contributed by atoms with E-state index in [0.717, 1.165) is 51.1 Å². The maximum atomic E-state index is 12.5. The quantitative estimate of drug-likeness (QED) is 0.922. The molecule has 0 unspecified atom stereocenters. The molecule has 0 aliphatic carbocycles. The predicted molar refractivity (Wildman–Crippen MR) is 93.0 cm³/mol. The molecule has 1 aromatic carbocycles. The summed E-state index contributed by atoms with van der Waals surface area (Å²) in [6.45, 7) is 2.45. The molecule has 1 atom stereocenters. The van der Waals surface area contributed by atoms with Crippen molar-refractivity contribution in [1.29, 1.82) is 0 Å². The highest BCUT2D eigenvalue weighted by molar-refractivity contribution is 5.96. The van der Waals surface area contributed by atoms with Crippen molar-refractivity contribution in [2.24, 2.45) is 0 Å². The Hall–Kier alpha value is -1.88. The van der Waals surface area contributed by atoms with Gasteiger partial charge >= 0.3 is 0 Å². The number of amides is 2. The third kappa shape index (κ3) is 4.57. The lowest BCUT2D eigenvalue weighted by Crippen LogP contribution is -2.31. The molecule has 0 bridgehead atoms. The summed E-state index contributed by atoms with van der Waals surface area (Å²) < 4.78 is 5.48. The molecule has 0 radical (unpaired) electrons. The smallest absolute Gasteiger partial charge is 0.253 e. The Labute approximate surface area is 143 Å². The van der Waals surface area contributed by atoms with Gasteiger partial charge in [0.1, 0.15) is 0 Å². The van der Waals surface area contributed by atoms with Gasteiger partial charge in [-0.15, -0.1) is 0 Å². The molecule has 2 saturated heterocycles. The summed E-state index contributed by atoms with van der Waals surface area (Å²) in [7, 11) is 0. The second-order valence-electron chi connectivity index (χ2n) is 6.67. The average molecular weight is 330 g/mol. The topological polar surface area (TPSA) is 58.6 Å². The Morgan fingerprint density at radius 3 is 2.38 bits per heavy atom. The maximum Gasteiger partial charge on any atom is 0.253 e. The van der Waals surface area contributed by atoms with Crippen LogP contribution in [0.25, 0.3) is 0 Å². The first-order valence-corrected chi connectivity index (χ1v) is 9.03. The summed E-state index contributed by atoms with van der Waals surface area (Å²) in [5, 5.41) is 2.88. The van der Waals surface area contributed by atoms with Crippen LogP contribution in [0.4, 0.5) is 5.69 Å². The van der Waals surface area contributed by atoms with Gasteiger partial charge in [-0.25, -0.2) is 0 Å². The first kappa shape index (κ1) is 17.0. The van der Waals surface area contributed by atoms with E-state index in [1.165, 1.54) is 12.8 Å². The van der Waals surface area contributed by atoms with Gasteiger partial charge in [-0.05, 0) is 49.9 Å². The highest BCUT2D eigenvalue weighted by Crippen LogP contribution is 2.18. The van der Waals surface area contributed by atoms with Crippen LogP contribution in [-0.4, -0.2) is 42.5 Å². The number of rotatable bonds is 4. The summed E-state index contributed by atoms with van der Waals surface area (Å²) in [4.78, 5) is 26.5. The van der Waals surface area contributed by atoms with Crippen LogP contribution in [0.1, 0.15) is 55.3 Å². The molecule has 5 heteroatoms. The molecule has 2 fully saturated rings. The lowest BCUT2D eigenvalue weighted by Gasteiger charge is -2.20. The highest BCUT2D eigenvalue weighted by atomic mass is 16.5. The van der Waals surface area contributed by atoms with E-state index in [1.807, 2.05) is 4.90 Å². The Balaban J connectivity index is 1.54. The van der Waals surface area contributed by atoms with Crippen molar-refractivity contribution < 1.29 is 14.3 Å². The van der Waals surface area contributed by atoms with Gasteiger partial charge in [0.05, 0.1) is 12.5 Å². The van der Waals surface area contributed by atoms with Gasteiger partial charge in [0, 0.05) is 30.9 Å². The average Bonchev–Trinajstić information content (AvgIpc) is 2.94. The van der Waals surface area contributed by atoms with Crippen LogP contribution in [0.2, 0.25) is 0 Å². The monoisotopic (exact) mass is 330 g/mol. The summed E-state index contributed by atoms with van der Waals surface area (Å²) in [5.74, 6) is 0.0580. The fraction of sp³-hybridized carbons (Fsp3) is 0.579. The minimum Gasteiger partial charge on any atom is -0.378 e. The zero-order chi connectivity index (χ0) is 16.8. The standard InChI is InChI=1S/C19H26N2O3/c22-18(14-17-6-5-13-24-17)20-16-9-7-15(8-10-16)19(23)21-11-3-1-2-4-12-21/h7-10,17H,1-6,11-14H2,(H,20,22)/t17-/m1/s1. The summed E-state index contributed by atoms with van der Waals surface area (Å²) in [5.41, 5.74) is 1.42. The van der Waals surface area contributed by atoms with Crippen LogP contribution in [0.15, 0.2) is 24.3 Å². The number of anilines is 1. The molecule has 1 N–H and O–H groups in total. The maximum absolute atomic E-state index is 12.5. The molecular formula is C19H26N2O3. The molecule has 5 nitrogen and oxygen atoms in total. The van der Waals surface area contributed by atoms with E-state index in [1.54, 1.807) is 24.3 Å². The molecule has 2 aliphatic rings. The van der Waals surface area contributed by atoms with Gasteiger partial charge in [0.2, 0.25) is 5.91 Å². The zero-order valence-corrected chi connectivity index (χ0v) is 14.1. The molecule has 1 aromatic rings. The molecule has 24 heavy (non-hydrogen) atoms. The van der Waals surface area contributed by atoms with Crippen molar-refractivity contribution in [3.8, 4) is 0 Å². The van der Waals surface area contributed by atoms with E-state index in [4.69, 9.17) is 4.74 Å². The van der Waals surface area contributed by atoms with Crippen molar-refractivity contribution in [1.82, 2.24) is 4.90 Å². The Morgan fingerprint density at radius 2 is 1.75 bits per heavy atom. The summed E-state index contributed by atoms with van der Waals surface area (Å²) in [6.07, 6.45) is 7.02. The Bertz CT molecular complexity index is 556. The number of benzene rings is 1. The van der Waals surface area contributed by atoms with Gasteiger partial charge in [-0.1, -0.05) is 12.8 Å². The zero-order valence-electron chi connectivity index (χ0n) is 14.1. The molecule has 2 heterocycles. The lowest BCUT2D eigenvalue weighted by atomic mass is 10.1. The Morgan fingerprint density at radius 1 is 1.04 bits per heavy atom. The number of nitrogens with one attached hydrogen (secondary N) is 1. The third-order valence-corrected chi connectivity index (χ3v) is 4.75. The van der Waals surface area contributed by atoms with Gasteiger partial charge in [-0.3, -0.25) is 9.59 Å². The molecule has 0 spiro atoms. The molecule has 2 aliphatic heterocycles. The van der Waals surface area contributed by atoms with Crippen LogP contribution < -0.4 is 5.32 Å². The molecular weight excluding hydrogens is 304 g/mol. The molecule has 0 aromatic heterocycles. The number of carbonyl (C=O) groups is 2.